The molecule has 0 radical (unpaired) electrons. The maximum absolute atomic E-state index is 12.8. The zero-order chi connectivity index (χ0) is 18.8. The number of ether oxygens (including phenoxy) is 1. The van der Waals surface area contributed by atoms with Gasteiger partial charge in [0.15, 0.2) is 5.78 Å². The van der Waals surface area contributed by atoms with E-state index in [2.05, 4.69) is 5.32 Å². The molecule has 2 heterocycles. The van der Waals surface area contributed by atoms with E-state index in [4.69, 9.17) is 4.74 Å². The summed E-state index contributed by atoms with van der Waals surface area (Å²) in [5.74, 6) is -0.845. The molecule has 27 heavy (non-hydrogen) atoms. The molecule has 2 amide bonds. The normalized spacial score (nSPS) is 26.8. The van der Waals surface area contributed by atoms with Crippen molar-refractivity contribution in [1.82, 2.24) is 10.2 Å². The van der Waals surface area contributed by atoms with Crippen LogP contribution in [0.1, 0.15) is 52.8 Å². The number of carbonyl (C=O) groups is 4. The zero-order valence-electron chi connectivity index (χ0n) is 14.8. The van der Waals surface area contributed by atoms with Crippen molar-refractivity contribution >= 4 is 23.4 Å². The number of hydrogen-bond donors (Lipinski definition) is 1. The van der Waals surface area contributed by atoms with E-state index in [1.165, 1.54) is 0 Å². The number of fused-ring (bicyclic) bond motifs is 1. The molecule has 3 fully saturated rings. The lowest BCUT2D eigenvalue weighted by Crippen LogP contribution is -2.62. The third-order valence-corrected chi connectivity index (χ3v) is 6.26. The van der Waals surface area contributed by atoms with Gasteiger partial charge in [-0.3, -0.25) is 24.1 Å². The minimum Gasteiger partial charge on any atom is -0.490 e. The van der Waals surface area contributed by atoms with E-state index in [0.717, 1.165) is 30.8 Å². The van der Waals surface area contributed by atoms with E-state index in [1.807, 2.05) is 0 Å². The van der Waals surface area contributed by atoms with Crippen LogP contribution in [0.2, 0.25) is 0 Å². The second kappa shape index (κ2) is 5.73. The van der Waals surface area contributed by atoms with Crippen LogP contribution in [-0.4, -0.2) is 53.5 Å². The van der Waals surface area contributed by atoms with Gasteiger partial charge in [-0.25, -0.2) is 0 Å². The molecule has 0 aromatic heterocycles. The van der Waals surface area contributed by atoms with Crippen LogP contribution in [0.4, 0.5) is 0 Å². The number of Topliss-reactive ketones (excluding diaryl/α,β-unsaturated/α-hetero) is 2. The van der Waals surface area contributed by atoms with Crippen LogP contribution < -0.4 is 10.1 Å². The van der Waals surface area contributed by atoms with E-state index >= 15 is 0 Å². The number of ketones is 2. The van der Waals surface area contributed by atoms with Gasteiger partial charge in [0.05, 0.1) is 29.7 Å². The Morgan fingerprint density at radius 3 is 2.44 bits per heavy atom. The van der Waals surface area contributed by atoms with Gasteiger partial charge < -0.3 is 10.1 Å². The topological polar surface area (TPSA) is 92.8 Å². The van der Waals surface area contributed by atoms with Crippen molar-refractivity contribution in [1.29, 1.82) is 0 Å². The fourth-order valence-electron chi connectivity index (χ4n) is 4.68. The lowest BCUT2D eigenvalue weighted by atomic mass is 9.63. The first-order valence-electron chi connectivity index (χ1n) is 9.40. The summed E-state index contributed by atoms with van der Waals surface area (Å²) in [5.41, 5.74) is 0.967. The molecule has 2 aliphatic heterocycles. The minimum atomic E-state index is -0.836. The first kappa shape index (κ1) is 16.6. The number of carbonyl (C=O) groups excluding carboxylic acids is 4. The summed E-state index contributed by atoms with van der Waals surface area (Å²) in [4.78, 5) is 50.2. The van der Waals surface area contributed by atoms with Gasteiger partial charge in [-0.2, -0.15) is 0 Å². The Morgan fingerprint density at radius 2 is 1.78 bits per heavy atom. The fraction of sp³-hybridized carbons (Fsp3) is 0.500. The molecular weight excluding hydrogens is 348 g/mol. The van der Waals surface area contributed by atoms with Gasteiger partial charge in [0.2, 0.25) is 0 Å². The molecule has 1 aromatic rings. The van der Waals surface area contributed by atoms with Crippen LogP contribution in [0.25, 0.3) is 0 Å². The van der Waals surface area contributed by atoms with Gasteiger partial charge >= 0.3 is 0 Å². The largest absolute Gasteiger partial charge is 0.490 e. The SMILES string of the molecule is O=C1CCC(N2C(=O)c3ccc(OC4CC5(CNC5)C4)cc3C2=O)C(=O)C1. The zero-order valence-corrected chi connectivity index (χ0v) is 14.8. The number of nitrogens with one attached hydrogen (secondary N) is 1. The number of benzene rings is 1. The molecule has 1 atom stereocenters. The van der Waals surface area contributed by atoms with Gasteiger partial charge in [-0.05, 0) is 37.5 Å². The van der Waals surface area contributed by atoms with Crippen molar-refractivity contribution in [3.05, 3.63) is 29.3 Å². The van der Waals surface area contributed by atoms with Crippen molar-refractivity contribution in [3.63, 3.8) is 0 Å². The molecule has 2 saturated carbocycles. The Labute approximate surface area is 156 Å². The molecule has 4 aliphatic rings. The Hall–Kier alpha value is -2.54. The Kier molecular flexibility index (Phi) is 3.53. The molecule has 140 valence electrons. The average Bonchev–Trinajstić information content (AvgIpc) is 2.80. The van der Waals surface area contributed by atoms with Crippen LogP contribution in [0.15, 0.2) is 18.2 Å². The lowest BCUT2D eigenvalue weighted by molar-refractivity contribution is -0.132. The number of imide groups is 1. The number of hydrogen-bond acceptors (Lipinski definition) is 6. The van der Waals surface area contributed by atoms with Crippen molar-refractivity contribution < 1.29 is 23.9 Å². The Morgan fingerprint density at radius 1 is 1.04 bits per heavy atom. The lowest BCUT2D eigenvalue weighted by Gasteiger charge is -2.53. The summed E-state index contributed by atoms with van der Waals surface area (Å²) >= 11 is 0. The Balaban J connectivity index is 1.33. The van der Waals surface area contributed by atoms with Crippen molar-refractivity contribution in [2.45, 2.75) is 44.2 Å². The van der Waals surface area contributed by atoms with Gasteiger partial charge in [-0.1, -0.05) is 0 Å². The van der Waals surface area contributed by atoms with Crippen LogP contribution in [0.5, 0.6) is 5.75 Å². The van der Waals surface area contributed by atoms with Gasteiger partial charge in [0.1, 0.15) is 11.5 Å². The van der Waals surface area contributed by atoms with E-state index in [9.17, 15) is 19.2 Å². The smallest absolute Gasteiger partial charge is 0.262 e. The molecular formula is C20H20N2O5. The standard InChI is InChI=1S/C20H20N2O5/c23-11-1-4-16(17(24)5-11)22-18(25)14-3-2-12(6-15(14)19(22)26)27-13-7-20(8-13)9-21-10-20/h2-3,6,13,16,21H,1,4-5,7-10H2. The van der Waals surface area contributed by atoms with E-state index in [1.54, 1.807) is 18.2 Å². The Bertz CT molecular complexity index is 880. The summed E-state index contributed by atoms with van der Waals surface area (Å²) in [5, 5.41) is 3.28. The molecule has 1 saturated heterocycles. The van der Waals surface area contributed by atoms with Gasteiger partial charge in [-0.15, -0.1) is 0 Å². The molecule has 7 heteroatoms. The van der Waals surface area contributed by atoms with Crippen LogP contribution in [0, 0.1) is 5.41 Å². The second-order valence-electron chi connectivity index (χ2n) is 8.18. The first-order valence-corrected chi connectivity index (χ1v) is 9.40. The third-order valence-electron chi connectivity index (χ3n) is 6.26. The minimum absolute atomic E-state index is 0.136. The molecule has 0 bridgehead atoms. The van der Waals surface area contributed by atoms with Gasteiger partial charge in [0.25, 0.3) is 11.8 Å². The summed E-state index contributed by atoms with van der Waals surface area (Å²) in [6, 6.07) is 4.09. The molecule has 1 unspecified atom stereocenters. The highest BCUT2D eigenvalue weighted by Gasteiger charge is 2.50. The predicted molar refractivity (Wildman–Crippen MR) is 93.5 cm³/mol. The predicted octanol–water partition coefficient (Wildman–Crippen LogP) is 1.10. The third kappa shape index (κ3) is 2.52. The molecule has 1 N–H and O–H groups in total. The van der Waals surface area contributed by atoms with Crippen LogP contribution in [-0.2, 0) is 9.59 Å². The van der Waals surface area contributed by atoms with E-state index in [-0.39, 0.29) is 42.5 Å². The second-order valence-corrected chi connectivity index (χ2v) is 8.18. The summed E-state index contributed by atoms with van der Waals surface area (Å²) in [6.07, 6.45) is 2.37. The molecule has 5 rings (SSSR count). The van der Waals surface area contributed by atoms with Crippen LogP contribution in [0.3, 0.4) is 0 Å². The quantitative estimate of drug-likeness (QED) is 0.635. The molecule has 2 aliphatic carbocycles. The van der Waals surface area contributed by atoms with E-state index < -0.39 is 17.9 Å². The van der Waals surface area contributed by atoms with Crippen molar-refractivity contribution in [3.8, 4) is 5.75 Å². The highest BCUT2D eigenvalue weighted by atomic mass is 16.5. The number of amides is 2. The maximum Gasteiger partial charge on any atom is 0.262 e. The number of nitrogens with zero attached hydrogens (tertiary/aromatic N) is 1. The highest BCUT2D eigenvalue weighted by molar-refractivity contribution is 6.23. The van der Waals surface area contributed by atoms with Crippen molar-refractivity contribution in [2.75, 3.05) is 13.1 Å². The molecule has 1 aromatic carbocycles. The highest BCUT2D eigenvalue weighted by Crippen LogP contribution is 2.46. The molecule has 1 spiro atoms. The average molecular weight is 368 g/mol. The summed E-state index contributed by atoms with van der Waals surface area (Å²) < 4.78 is 5.98. The van der Waals surface area contributed by atoms with Gasteiger partial charge in [0, 0.05) is 24.9 Å². The van der Waals surface area contributed by atoms with Crippen LogP contribution >= 0.6 is 0 Å². The number of rotatable bonds is 3. The fourth-order valence-corrected chi connectivity index (χ4v) is 4.68. The first-order chi connectivity index (χ1) is 13.0. The van der Waals surface area contributed by atoms with E-state index in [0.29, 0.717) is 16.7 Å². The summed E-state index contributed by atoms with van der Waals surface area (Å²) in [7, 11) is 0. The molecule has 7 nitrogen and oxygen atoms in total. The summed E-state index contributed by atoms with van der Waals surface area (Å²) in [6.45, 7) is 2.08. The van der Waals surface area contributed by atoms with Crippen molar-refractivity contribution in [2.24, 2.45) is 5.41 Å². The monoisotopic (exact) mass is 368 g/mol. The maximum atomic E-state index is 12.8.